The van der Waals surface area contributed by atoms with E-state index in [1.165, 1.54) is 6.07 Å². The molecule has 6 nitrogen and oxygen atoms in total. The van der Waals surface area contributed by atoms with Crippen LogP contribution in [0.5, 0.6) is 5.75 Å². The summed E-state index contributed by atoms with van der Waals surface area (Å²) in [5, 5.41) is 20.8. The molecule has 0 saturated carbocycles. The summed E-state index contributed by atoms with van der Waals surface area (Å²) in [5.74, 6) is 0.649. The molecule has 2 unspecified atom stereocenters. The minimum Gasteiger partial charge on any atom is -0.496 e. The second-order valence-corrected chi connectivity index (χ2v) is 5.53. The smallest absolute Gasteiger partial charge is 0.270 e. The van der Waals surface area contributed by atoms with E-state index in [0.717, 1.165) is 31.4 Å². The first-order chi connectivity index (χ1) is 10.0. The number of benzene rings is 1. The van der Waals surface area contributed by atoms with Crippen LogP contribution in [-0.4, -0.2) is 40.7 Å². The molecule has 1 heterocycles. The number of ether oxygens (including phenoxy) is 1. The number of nitro groups is 1. The Balaban J connectivity index is 2.23. The highest BCUT2D eigenvalue weighted by Gasteiger charge is 2.27. The van der Waals surface area contributed by atoms with Crippen molar-refractivity contribution in [3.05, 3.63) is 33.9 Å². The Labute approximate surface area is 124 Å². The fourth-order valence-electron chi connectivity index (χ4n) is 2.98. The minimum absolute atomic E-state index is 0.0661. The van der Waals surface area contributed by atoms with Crippen LogP contribution >= 0.6 is 0 Å². The summed E-state index contributed by atoms with van der Waals surface area (Å²) in [6.45, 7) is 3.25. The van der Waals surface area contributed by atoms with Gasteiger partial charge < -0.3 is 9.84 Å². The van der Waals surface area contributed by atoms with Crippen LogP contribution in [-0.2, 0) is 6.54 Å². The monoisotopic (exact) mass is 294 g/mol. The molecule has 6 heteroatoms. The lowest BCUT2D eigenvalue weighted by Crippen LogP contribution is -2.45. The van der Waals surface area contributed by atoms with E-state index in [-0.39, 0.29) is 11.7 Å². The third-order valence-corrected chi connectivity index (χ3v) is 4.07. The number of aliphatic hydroxyl groups is 1. The predicted molar refractivity (Wildman–Crippen MR) is 79.4 cm³/mol. The molecule has 0 aliphatic carbocycles. The van der Waals surface area contributed by atoms with Crippen molar-refractivity contribution in [1.82, 2.24) is 4.90 Å². The third-order valence-electron chi connectivity index (χ3n) is 4.07. The highest BCUT2D eigenvalue weighted by Crippen LogP contribution is 2.28. The quantitative estimate of drug-likeness (QED) is 0.666. The van der Waals surface area contributed by atoms with Crippen LogP contribution in [0.15, 0.2) is 18.2 Å². The Hall–Kier alpha value is -1.66. The van der Waals surface area contributed by atoms with Gasteiger partial charge in [-0.2, -0.15) is 0 Å². The van der Waals surface area contributed by atoms with E-state index in [2.05, 4.69) is 4.90 Å². The van der Waals surface area contributed by atoms with Crippen LogP contribution in [0.3, 0.4) is 0 Å². The van der Waals surface area contributed by atoms with Gasteiger partial charge in [0.15, 0.2) is 0 Å². The van der Waals surface area contributed by atoms with Crippen LogP contribution in [0, 0.1) is 10.1 Å². The molecule has 1 fully saturated rings. The van der Waals surface area contributed by atoms with E-state index < -0.39 is 11.0 Å². The number of rotatable bonds is 5. The van der Waals surface area contributed by atoms with Gasteiger partial charge in [-0.15, -0.1) is 0 Å². The maximum Gasteiger partial charge on any atom is 0.270 e. The van der Waals surface area contributed by atoms with Crippen LogP contribution in [0.4, 0.5) is 5.69 Å². The van der Waals surface area contributed by atoms with Crippen LogP contribution < -0.4 is 4.74 Å². The van der Waals surface area contributed by atoms with Gasteiger partial charge in [0.2, 0.25) is 0 Å². The summed E-state index contributed by atoms with van der Waals surface area (Å²) in [7, 11) is 1.56. The van der Waals surface area contributed by atoms with Gasteiger partial charge in [-0.25, -0.2) is 0 Å². The number of hydrogen-bond donors (Lipinski definition) is 1. The first-order valence-electron chi connectivity index (χ1n) is 7.26. The molecule has 1 aromatic carbocycles. The molecule has 116 valence electrons. The van der Waals surface area contributed by atoms with Gasteiger partial charge in [0, 0.05) is 30.3 Å². The number of likely N-dealkylation sites (tertiary alicyclic amines) is 1. The zero-order valence-electron chi connectivity index (χ0n) is 12.5. The highest BCUT2D eigenvalue weighted by molar-refractivity contribution is 5.43. The molecule has 1 N–H and O–H groups in total. The van der Waals surface area contributed by atoms with Crippen molar-refractivity contribution in [1.29, 1.82) is 0 Å². The lowest BCUT2D eigenvalue weighted by atomic mass is 9.97. The van der Waals surface area contributed by atoms with Crippen LogP contribution in [0.2, 0.25) is 0 Å². The standard InChI is InChI=1S/C15H22N2O4/c1-11(18)14-5-3-4-8-16(14)10-12-9-13(17(19)20)6-7-15(12)21-2/h6-7,9,11,14,18H,3-5,8,10H2,1-2H3. The molecular formula is C15H22N2O4. The van der Waals surface area contributed by atoms with E-state index in [9.17, 15) is 15.2 Å². The SMILES string of the molecule is COc1ccc([N+](=O)[O-])cc1CN1CCCCC1C(C)O. The molecular weight excluding hydrogens is 272 g/mol. The number of piperidine rings is 1. The van der Waals surface area contributed by atoms with E-state index >= 15 is 0 Å². The molecule has 0 aromatic heterocycles. The second-order valence-electron chi connectivity index (χ2n) is 5.53. The Morgan fingerprint density at radius 2 is 2.29 bits per heavy atom. The average molecular weight is 294 g/mol. The molecule has 0 spiro atoms. The molecule has 2 rings (SSSR count). The third kappa shape index (κ3) is 3.71. The fourth-order valence-corrected chi connectivity index (χ4v) is 2.98. The van der Waals surface area contributed by atoms with Gasteiger partial charge in [-0.1, -0.05) is 6.42 Å². The Morgan fingerprint density at radius 1 is 1.52 bits per heavy atom. The van der Waals surface area contributed by atoms with E-state index in [1.807, 2.05) is 0 Å². The summed E-state index contributed by atoms with van der Waals surface area (Å²) < 4.78 is 5.31. The van der Waals surface area contributed by atoms with Crippen molar-refractivity contribution in [2.75, 3.05) is 13.7 Å². The maximum atomic E-state index is 10.9. The molecule has 1 aliphatic rings. The van der Waals surface area contributed by atoms with Gasteiger partial charge in [0.05, 0.1) is 18.1 Å². The summed E-state index contributed by atoms with van der Waals surface area (Å²) in [4.78, 5) is 12.7. The zero-order valence-corrected chi connectivity index (χ0v) is 12.5. The number of aliphatic hydroxyl groups excluding tert-OH is 1. The summed E-state index contributed by atoms with van der Waals surface area (Å²) in [6, 6.07) is 4.74. The van der Waals surface area contributed by atoms with Gasteiger partial charge in [-0.05, 0) is 32.4 Å². The Bertz CT molecular complexity index is 504. The van der Waals surface area contributed by atoms with E-state index in [1.54, 1.807) is 26.2 Å². The van der Waals surface area contributed by atoms with Crippen LogP contribution in [0.1, 0.15) is 31.7 Å². The molecule has 21 heavy (non-hydrogen) atoms. The first-order valence-corrected chi connectivity index (χ1v) is 7.26. The minimum atomic E-state index is -0.407. The first kappa shape index (κ1) is 15.7. The average Bonchev–Trinajstić information content (AvgIpc) is 2.47. The lowest BCUT2D eigenvalue weighted by molar-refractivity contribution is -0.385. The van der Waals surface area contributed by atoms with Crippen molar-refractivity contribution in [3.8, 4) is 5.75 Å². The normalized spacial score (nSPS) is 21.0. The molecule has 0 bridgehead atoms. The number of methoxy groups -OCH3 is 1. The summed E-state index contributed by atoms with van der Waals surface area (Å²) >= 11 is 0. The number of nitro benzene ring substituents is 1. The predicted octanol–water partition coefficient (Wildman–Crippen LogP) is 2.34. The number of hydrogen-bond acceptors (Lipinski definition) is 5. The van der Waals surface area contributed by atoms with E-state index in [0.29, 0.717) is 12.3 Å². The van der Waals surface area contributed by atoms with Gasteiger partial charge >= 0.3 is 0 Å². The molecule has 1 saturated heterocycles. The van der Waals surface area contributed by atoms with Crippen LogP contribution in [0.25, 0.3) is 0 Å². The van der Waals surface area contributed by atoms with E-state index in [4.69, 9.17) is 4.74 Å². The Morgan fingerprint density at radius 3 is 2.90 bits per heavy atom. The number of non-ortho nitro benzene ring substituents is 1. The largest absolute Gasteiger partial charge is 0.496 e. The Kier molecular flexibility index (Phi) is 5.14. The van der Waals surface area contributed by atoms with Gasteiger partial charge in [-0.3, -0.25) is 15.0 Å². The van der Waals surface area contributed by atoms with Crippen molar-refractivity contribution < 1.29 is 14.8 Å². The van der Waals surface area contributed by atoms with Gasteiger partial charge in [0.25, 0.3) is 5.69 Å². The topological polar surface area (TPSA) is 75.8 Å². The molecule has 2 atom stereocenters. The van der Waals surface area contributed by atoms with Crippen molar-refractivity contribution in [2.24, 2.45) is 0 Å². The lowest BCUT2D eigenvalue weighted by Gasteiger charge is -2.37. The molecule has 0 radical (unpaired) electrons. The van der Waals surface area contributed by atoms with Gasteiger partial charge in [0.1, 0.15) is 5.75 Å². The summed E-state index contributed by atoms with van der Waals surface area (Å²) in [6.07, 6.45) is 2.74. The zero-order chi connectivity index (χ0) is 15.4. The number of nitrogens with zero attached hydrogens (tertiary/aromatic N) is 2. The fraction of sp³-hybridized carbons (Fsp3) is 0.600. The molecule has 1 aliphatic heterocycles. The second kappa shape index (κ2) is 6.87. The highest BCUT2D eigenvalue weighted by atomic mass is 16.6. The van der Waals surface area contributed by atoms with Crippen molar-refractivity contribution in [3.63, 3.8) is 0 Å². The molecule has 1 aromatic rings. The maximum absolute atomic E-state index is 10.9. The van der Waals surface area contributed by atoms with Crippen molar-refractivity contribution >= 4 is 5.69 Å². The summed E-state index contributed by atoms with van der Waals surface area (Å²) in [5.41, 5.74) is 0.857. The molecule has 0 amide bonds. The van der Waals surface area contributed by atoms with Crippen molar-refractivity contribution in [2.45, 2.75) is 44.9 Å².